The molecule has 0 bridgehead atoms. The number of benzene rings is 1. The molecule has 3 rings (SSSR count). The fraction of sp³-hybridized carbons (Fsp3) is 0.350. The standard InChI is InChI=1S/C20H21FN2O3/c1-13-6-11-17(24)23(12-13)18(20(26)22-16-4-2-3-5-16)19(25)14-7-9-15(21)10-8-14/h6-12,16,18H,2-5H2,1H3,(H,22,26)/t18-/m0/s1. The van der Waals surface area contributed by atoms with E-state index < -0.39 is 29.1 Å². The van der Waals surface area contributed by atoms with Crippen LogP contribution < -0.4 is 10.9 Å². The van der Waals surface area contributed by atoms with Gasteiger partial charge in [-0.15, -0.1) is 0 Å². The van der Waals surface area contributed by atoms with E-state index in [9.17, 15) is 18.8 Å². The lowest BCUT2D eigenvalue weighted by atomic mass is 10.0. The average molecular weight is 356 g/mol. The van der Waals surface area contributed by atoms with Crippen molar-refractivity contribution in [2.45, 2.75) is 44.7 Å². The SMILES string of the molecule is Cc1ccc(=O)n([C@H](C(=O)NC2CCCC2)C(=O)c2ccc(F)cc2)c1. The molecule has 0 spiro atoms. The van der Waals surface area contributed by atoms with Crippen LogP contribution in [0, 0.1) is 12.7 Å². The Morgan fingerprint density at radius 1 is 1.12 bits per heavy atom. The first-order valence-corrected chi connectivity index (χ1v) is 8.74. The van der Waals surface area contributed by atoms with E-state index in [1.54, 1.807) is 13.0 Å². The second-order valence-electron chi connectivity index (χ2n) is 6.72. The number of hydrogen-bond acceptors (Lipinski definition) is 3. The molecule has 1 heterocycles. The zero-order valence-corrected chi connectivity index (χ0v) is 14.6. The highest BCUT2D eigenvalue weighted by atomic mass is 19.1. The predicted octanol–water partition coefficient (Wildman–Crippen LogP) is 2.78. The van der Waals surface area contributed by atoms with Crippen molar-refractivity contribution in [1.82, 2.24) is 9.88 Å². The van der Waals surface area contributed by atoms with Crippen molar-refractivity contribution < 1.29 is 14.0 Å². The maximum absolute atomic E-state index is 13.2. The monoisotopic (exact) mass is 356 g/mol. The summed E-state index contributed by atoms with van der Waals surface area (Å²) in [5.41, 5.74) is 0.513. The summed E-state index contributed by atoms with van der Waals surface area (Å²) in [6, 6.07) is 6.66. The highest BCUT2D eigenvalue weighted by Crippen LogP contribution is 2.20. The molecular weight excluding hydrogens is 335 g/mol. The number of aromatic nitrogens is 1. The summed E-state index contributed by atoms with van der Waals surface area (Å²) in [7, 11) is 0. The Morgan fingerprint density at radius 2 is 1.77 bits per heavy atom. The van der Waals surface area contributed by atoms with E-state index in [-0.39, 0.29) is 11.6 Å². The molecule has 6 heteroatoms. The quantitative estimate of drug-likeness (QED) is 0.662. The van der Waals surface area contributed by atoms with Crippen LogP contribution in [0.25, 0.3) is 0 Å². The minimum atomic E-state index is -1.31. The number of pyridine rings is 1. The van der Waals surface area contributed by atoms with Gasteiger partial charge in [-0.1, -0.05) is 18.9 Å². The Bertz CT molecular complexity index is 867. The van der Waals surface area contributed by atoms with E-state index in [2.05, 4.69) is 5.32 Å². The molecule has 0 aliphatic heterocycles. The van der Waals surface area contributed by atoms with Crippen molar-refractivity contribution in [3.05, 3.63) is 69.9 Å². The van der Waals surface area contributed by atoms with Crippen molar-refractivity contribution in [3.63, 3.8) is 0 Å². The van der Waals surface area contributed by atoms with Gasteiger partial charge in [0.05, 0.1) is 0 Å². The normalized spacial score (nSPS) is 15.6. The summed E-state index contributed by atoms with van der Waals surface area (Å²) in [5, 5.41) is 2.89. The van der Waals surface area contributed by atoms with Crippen molar-refractivity contribution in [1.29, 1.82) is 0 Å². The van der Waals surface area contributed by atoms with E-state index in [0.29, 0.717) is 0 Å². The second-order valence-corrected chi connectivity index (χ2v) is 6.72. The van der Waals surface area contributed by atoms with Crippen molar-refractivity contribution >= 4 is 11.7 Å². The number of nitrogens with zero attached hydrogens (tertiary/aromatic N) is 1. The molecule has 2 aromatic rings. The second kappa shape index (κ2) is 7.64. The first-order chi connectivity index (χ1) is 12.5. The Balaban J connectivity index is 1.98. The zero-order valence-electron chi connectivity index (χ0n) is 14.6. The number of nitrogens with one attached hydrogen (secondary N) is 1. The van der Waals surface area contributed by atoms with Gasteiger partial charge in [0.2, 0.25) is 0 Å². The third kappa shape index (κ3) is 3.90. The molecule has 1 aromatic carbocycles. The summed E-state index contributed by atoms with van der Waals surface area (Å²) < 4.78 is 14.3. The Labute approximate surface area is 150 Å². The number of Topliss-reactive ketones (excluding diaryl/α,β-unsaturated/α-hetero) is 1. The smallest absolute Gasteiger partial charge is 0.251 e. The van der Waals surface area contributed by atoms with Gasteiger partial charge in [0.1, 0.15) is 5.82 Å². The van der Waals surface area contributed by atoms with E-state index in [4.69, 9.17) is 0 Å². The van der Waals surface area contributed by atoms with Gasteiger partial charge in [-0.2, -0.15) is 0 Å². The molecule has 136 valence electrons. The number of halogens is 1. The van der Waals surface area contributed by atoms with E-state index in [1.807, 2.05) is 0 Å². The van der Waals surface area contributed by atoms with Crippen LogP contribution in [0.3, 0.4) is 0 Å². The first kappa shape index (κ1) is 18.0. The van der Waals surface area contributed by atoms with Gasteiger partial charge in [0.25, 0.3) is 11.5 Å². The summed E-state index contributed by atoms with van der Waals surface area (Å²) in [5.74, 6) is -1.51. The molecular formula is C20H21FN2O3. The van der Waals surface area contributed by atoms with Crippen LogP contribution in [0.2, 0.25) is 0 Å². The number of ketones is 1. The van der Waals surface area contributed by atoms with Crippen molar-refractivity contribution in [3.8, 4) is 0 Å². The summed E-state index contributed by atoms with van der Waals surface area (Å²) in [6.07, 6.45) is 5.30. The van der Waals surface area contributed by atoms with E-state index >= 15 is 0 Å². The van der Waals surface area contributed by atoms with E-state index in [0.717, 1.165) is 47.9 Å². The molecule has 1 aromatic heterocycles. The van der Waals surface area contributed by atoms with Gasteiger partial charge in [0, 0.05) is 23.9 Å². The van der Waals surface area contributed by atoms with Gasteiger partial charge in [-0.25, -0.2) is 4.39 Å². The zero-order chi connectivity index (χ0) is 18.7. The largest absolute Gasteiger partial charge is 0.351 e. The highest BCUT2D eigenvalue weighted by Gasteiger charge is 2.32. The van der Waals surface area contributed by atoms with Crippen LogP contribution in [0.15, 0.2) is 47.4 Å². The maximum atomic E-state index is 13.2. The van der Waals surface area contributed by atoms with Crippen molar-refractivity contribution in [2.75, 3.05) is 0 Å². The number of rotatable bonds is 5. The minimum Gasteiger partial charge on any atom is -0.351 e. The maximum Gasteiger partial charge on any atom is 0.251 e. The lowest BCUT2D eigenvalue weighted by Gasteiger charge is -2.21. The molecule has 1 N–H and O–H groups in total. The van der Waals surface area contributed by atoms with Gasteiger partial charge < -0.3 is 5.32 Å². The van der Waals surface area contributed by atoms with Crippen LogP contribution >= 0.6 is 0 Å². The fourth-order valence-corrected chi connectivity index (χ4v) is 3.31. The van der Waals surface area contributed by atoms with Gasteiger partial charge in [0.15, 0.2) is 11.8 Å². The highest BCUT2D eigenvalue weighted by molar-refractivity contribution is 6.11. The third-order valence-corrected chi connectivity index (χ3v) is 4.69. The van der Waals surface area contributed by atoms with Gasteiger partial charge >= 0.3 is 0 Å². The number of aryl methyl sites for hydroxylation is 1. The molecule has 0 unspecified atom stereocenters. The average Bonchev–Trinajstić information content (AvgIpc) is 3.11. The molecule has 1 aliphatic carbocycles. The van der Waals surface area contributed by atoms with E-state index in [1.165, 1.54) is 24.4 Å². The third-order valence-electron chi connectivity index (χ3n) is 4.69. The van der Waals surface area contributed by atoms with Crippen LogP contribution in [0.4, 0.5) is 4.39 Å². The topological polar surface area (TPSA) is 68.2 Å². The lowest BCUT2D eigenvalue weighted by molar-refractivity contribution is -0.123. The Morgan fingerprint density at radius 3 is 2.42 bits per heavy atom. The first-order valence-electron chi connectivity index (χ1n) is 8.74. The Kier molecular flexibility index (Phi) is 5.30. The Hall–Kier alpha value is -2.76. The minimum absolute atomic E-state index is 0.0199. The molecule has 0 saturated heterocycles. The molecule has 1 aliphatic rings. The molecule has 1 saturated carbocycles. The molecule has 1 amide bonds. The number of amides is 1. The number of carbonyl (C=O) groups excluding carboxylic acids is 2. The van der Waals surface area contributed by atoms with Crippen LogP contribution in [0.5, 0.6) is 0 Å². The summed E-state index contributed by atoms with van der Waals surface area (Å²) >= 11 is 0. The fourth-order valence-electron chi connectivity index (χ4n) is 3.31. The molecule has 1 atom stereocenters. The number of hydrogen-bond donors (Lipinski definition) is 1. The summed E-state index contributed by atoms with van der Waals surface area (Å²) in [4.78, 5) is 38.2. The van der Waals surface area contributed by atoms with Gasteiger partial charge in [-0.05, 0) is 49.6 Å². The lowest BCUT2D eigenvalue weighted by Crippen LogP contribution is -2.44. The molecule has 0 radical (unpaired) electrons. The predicted molar refractivity (Wildman–Crippen MR) is 95.6 cm³/mol. The molecule has 5 nitrogen and oxygen atoms in total. The number of carbonyl (C=O) groups is 2. The van der Waals surface area contributed by atoms with Crippen molar-refractivity contribution in [2.24, 2.45) is 0 Å². The van der Waals surface area contributed by atoms with Crippen LogP contribution in [0.1, 0.15) is 47.6 Å². The summed E-state index contributed by atoms with van der Waals surface area (Å²) in [6.45, 7) is 1.78. The van der Waals surface area contributed by atoms with Gasteiger partial charge in [-0.3, -0.25) is 19.0 Å². The molecule has 1 fully saturated rings. The van der Waals surface area contributed by atoms with Crippen LogP contribution in [-0.4, -0.2) is 22.3 Å². The van der Waals surface area contributed by atoms with Crippen LogP contribution in [-0.2, 0) is 4.79 Å². The molecule has 26 heavy (non-hydrogen) atoms.